The van der Waals surface area contributed by atoms with Gasteiger partial charge >= 0.3 is 0 Å². The van der Waals surface area contributed by atoms with Gasteiger partial charge in [0.15, 0.2) is 0 Å². The van der Waals surface area contributed by atoms with Crippen LogP contribution in [0.5, 0.6) is 0 Å². The lowest BCUT2D eigenvalue weighted by Gasteiger charge is -2.28. The van der Waals surface area contributed by atoms with Gasteiger partial charge in [0, 0.05) is 23.3 Å². The molecule has 1 aliphatic heterocycles. The summed E-state index contributed by atoms with van der Waals surface area (Å²) in [5, 5.41) is 6.51. The Morgan fingerprint density at radius 1 is 1.06 bits per heavy atom. The number of hydrogen-bond donors (Lipinski definition) is 1. The van der Waals surface area contributed by atoms with E-state index in [1.165, 1.54) is 17.1 Å². The molecular formula is C24H21Cl2N7O. The van der Waals surface area contributed by atoms with Crippen molar-refractivity contribution in [2.75, 3.05) is 20.1 Å². The van der Waals surface area contributed by atoms with E-state index in [1.807, 2.05) is 12.3 Å². The highest BCUT2D eigenvalue weighted by Gasteiger charge is 2.20. The van der Waals surface area contributed by atoms with E-state index in [1.54, 1.807) is 18.2 Å². The highest BCUT2D eigenvalue weighted by Crippen LogP contribution is 2.30. The van der Waals surface area contributed by atoms with E-state index in [-0.39, 0.29) is 5.56 Å². The lowest BCUT2D eigenvalue weighted by atomic mass is 10.1. The number of piperidine rings is 1. The molecule has 1 saturated heterocycles. The van der Waals surface area contributed by atoms with E-state index in [0.29, 0.717) is 38.3 Å². The highest BCUT2D eigenvalue weighted by atomic mass is 35.5. The van der Waals surface area contributed by atoms with Crippen LogP contribution in [0.15, 0.2) is 54.0 Å². The van der Waals surface area contributed by atoms with E-state index in [2.05, 4.69) is 42.9 Å². The first kappa shape index (κ1) is 21.3. The zero-order valence-electron chi connectivity index (χ0n) is 18.4. The molecule has 5 heterocycles. The number of fused-ring (bicyclic) bond motifs is 3. The summed E-state index contributed by atoms with van der Waals surface area (Å²) in [6, 6.07) is 7.48. The Hall–Kier alpha value is -3.20. The van der Waals surface area contributed by atoms with Crippen LogP contribution in [0.4, 0.5) is 0 Å². The lowest BCUT2D eigenvalue weighted by Crippen LogP contribution is -2.31. The Kier molecular flexibility index (Phi) is 5.17. The van der Waals surface area contributed by atoms with E-state index >= 15 is 0 Å². The van der Waals surface area contributed by atoms with Crippen molar-refractivity contribution in [3.63, 3.8) is 0 Å². The van der Waals surface area contributed by atoms with Crippen molar-refractivity contribution in [2.45, 2.75) is 18.9 Å². The Bertz CT molecular complexity index is 1570. The summed E-state index contributed by atoms with van der Waals surface area (Å²) >= 11 is 12.6. The maximum atomic E-state index is 13.3. The molecule has 4 aromatic heterocycles. The van der Waals surface area contributed by atoms with Gasteiger partial charge in [-0.1, -0.05) is 29.3 Å². The van der Waals surface area contributed by atoms with Crippen LogP contribution in [0.2, 0.25) is 10.0 Å². The first-order valence-corrected chi connectivity index (χ1v) is 11.8. The third kappa shape index (κ3) is 3.50. The second-order valence-corrected chi connectivity index (χ2v) is 9.51. The van der Waals surface area contributed by atoms with Gasteiger partial charge in [-0.3, -0.25) is 14.0 Å². The van der Waals surface area contributed by atoms with Crippen molar-refractivity contribution >= 4 is 45.1 Å². The molecule has 0 saturated carbocycles. The Balaban J connectivity index is 1.41. The number of para-hydroxylation sites is 1. The molecule has 0 atom stereocenters. The van der Waals surface area contributed by atoms with Gasteiger partial charge in [0.1, 0.15) is 12.0 Å². The lowest BCUT2D eigenvalue weighted by molar-refractivity contribution is 0.212. The maximum absolute atomic E-state index is 13.3. The van der Waals surface area contributed by atoms with Crippen molar-refractivity contribution in [3.05, 3.63) is 69.6 Å². The van der Waals surface area contributed by atoms with Crippen LogP contribution < -0.4 is 5.56 Å². The number of aromatic nitrogens is 6. The monoisotopic (exact) mass is 493 g/mol. The fourth-order valence-corrected chi connectivity index (χ4v) is 5.20. The summed E-state index contributed by atoms with van der Waals surface area (Å²) < 4.78 is 3.42. The quantitative estimate of drug-likeness (QED) is 0.393. The third-order valence-electron chi connectivity index (χ3n) is 6.53. The molecule has 0 radical (unpaired) electrons. The normalized spacial score (nSPS) is 15.5. The molecule has 0 spiro atoms. The first-order valence-electron chi connectivity index (χ1n) is 11.1. The van der Waals surface area contributed by atoms with Gasteiger partial charge in [-0.15, -0.1) is 0 Å². The minimum absolute atomic E-state index is 0.285. The van der Waals surface area contributed by atoms with Crippen LogP contribution in [-0.2, 0) is 0 Å². The molecule has 172 valence electrons. The molecule has 1 aromatic carbocycles. The summed E-state index contributed by atoms with van der Waals surface area (Å²) in [4.78, 5) is 28.1. The number of likely N-dealkylation sites (tertiary alicyclic amines) is 1. The molecular weight excluding hydrogens is 473 g/mol. The molecule has 6 rings (SSSR count). The molecule has 0 amide bonds. The smallest absolute Gasteiger partial charge is 0.267 e. The van der Waals surface area contributed by atoms with Crippen LogP contribution in [0.3, 0.4) is 0 Å². The molecule has 5 aromatic rings. The summed E-state index contributed by atoms with van der Waals surface area (Å²) in [6.07, 6.45) is 9.11. The van der Waals surface area contributed by atoms with Gasteiger partial charge in [0.05, 0.1) is 44.6 Å². The average molecular weight is 494 g/mol. The number of halogens is 2. The summed E-state index contributed by atoms with van der Waals surface area (Å²) in [5.41, 5.74) is 3.21. The zero-order chi connectivity index (χ0) is 23.4. The Morgan fingerprint density at radius 2 is 1.82 bits per heavy atom. The maximum Gasteiger partial charge on any atom is 0.267 e. The first-order chi connectivity index (χ1) is 16.5. The molecule has 1 aliphatic rings. The van der Waals surface area contributed by atoms with Crippen molar-refractivity contribution < 1.29 is 0 Å². The fourth-order valence-electron chi connectivity index (χ4n) is 4.62. The number of nitrogens with one attached hydrogen (secondary N) is 1. The zero-order valence-corrected chi connectivity index (χ0v) is 19.9. The summed E-state index contributed by atoms with van der Waals surface area (Å²) in [6.45, 7) is 2.15. The number of aromatic amines is 1. The van der Waals surface area contributed by atoms with E-state index < -0.39 is 0 Å². The molecule has 8 nitrogen and oxygen atoms in total. The predicted octanol–water partition coefficient (Wildman–Crippen LogP) is 4.70. The number of pyridine rings is 1. The van der Waals surface area contributed by atoms with Gasteiger partial charge in [-0.2, -0.15) is 5.10 Å². The van der Waals surface area contributed by atoms with E-state index in [9.17, 15) is 4.79 Å². The van der Waals surface area contributed by atoms with E-state index in [0.717, 1.165) is 42.6 Å². The van der Waals surface area contributed by atoms with Gasteiger partial charge in [0.2, 0.25) is 0 Å². The van der Waals surface area contributed by atoms with E-state index in [4.69, 9.17) is 23.2 Å². The number of nitrogens with zero attached hydrogens (tertiary/aromatic N) is 6. The molecule has 0 aliphatic carbocycles. The summed E-state index contributed by atoms with van der Waals surface area (Å²) in [7, 11) is 2.15. The fraction of sp³-hybridized carbons (Fsp3) is 0.250. The number of H-pyrrole nitrogens is 1. The SMILES string of the molecule is CN1CCC(n2cc(-c3cc4c(ncc5c(=O)n(-c6c(Cl)cccc6Cl)cnc54)[nH]3)cn2)CC1. The van der Waals surface area contributed by atoms with Gasteiger partial charge in [-0.05, 0) is 51.2 Å². The van der Waals surface area contributed by atoms with Crippen molar-refractivity contribution in [2.24, 2.45) is 0 Å². The minimum Gasteiger partial charge on any atom is -0.339 e. The van der Waals surface area contributed by atoms with Crippen molar-refractivity contribution in [3.8, 4) is 16.9 Å². The number of hydrogen-bond acceptors (Lipinski definition) is 5. The molecule has 1 fully saturated rings. The second kappa shape index (κ2) is 8.23. The second-order valence-electron chi connectivity index (χ2n) is 8.70. The third-order valence-corrected chi connectivity index (χ3v) is 7.14. The molecule has 34 heavy (non-hydrogen) atoms. The van der Waals surface area contributed by atoms with Gasteiger partial charge in [0.25, 0.3) is 5.56 Å². The number of benzene rings is 1. The molecule has 1 N–H and O–H groups in total. The van der Waals surface area contributed by atoms with Crippen molar-refractivity contribution in [1.82, 2.24) is 34.2 Å². The van der Waals surface area contributed by atoms with Gasteiger partial charge in [-0.25, -0.2) is 9.97 Å². The van der Waals surface area contributed by atoms with Crippen LogP contribution in [0.1, 0.15) is 18.9 Å². The largest absolute Gasteiger partial charge is 0.339 e. The van der Waals surface area contributed by atoms with Crippen LogP contribution in [0.25, 0.3) is 38.9 Å². The molecule has 0 unspecified atom stereocenters. The predicted molar refractivity (Wildman–Crippen MR) is 134 cm³/mol. The van der Waals surface area contributed by atoms with Crippen LogP contribution >= 0.6 is 23.2 Å². The average Bonchev–Trinajstić information content (AvgIpc) is 3.48. The molecule has 0 bridgehead atoms. The van der Waals surface area contributed by atoms with Crippen LogP contribution in [-0.4, -0.2) is 54.3 Å². The number of rotatable bonds is 3. The van der Waals surface area contributed by atoms with Crippen molar-refractivity contribution in [1.29, 1.82) is 0 Å². The Labute approximate surface area is 204 Å². The Morgan fingerprint density at radius 3 is 2.59 bits per heavy atom. The summed E-state index contributed by atoms with van der Waals surface area (Å²) in [5.74, 6) is 0. The standard InChI is InChI=1S/C24H21Cl2N7O/c1-31-7-5-15(6-8-31)33-12-14(10-29-33)20-9-16-21-17(11-27-23(16)30-20)24(34)32(13-28-21)22-18(25)3-2-4-19(22)26/h2-4,9-13,15H,5-8H2,1H3,(H,27,30). The topological polar surface area (TPSA) is 84.6 Å². The minimum atomic E-state index is -0.285. The highest BCUT2D eigenvalue weighted by molar-refractivity contribution is 6.37. The van der Waals surface area contributed by atoms with Crippen LogP contribution in [0, 0.1) is 0 Å². The molecule has 10 heteroatoms. The van der Waals surface area contributed by atoms with Gasteiger partial charge < -0.3 is 9.88 Å².